The van der Waals surface area contributed by atoms with Gasteiger partial charge in [-0.25, -0.2) is 4.79 Å². The van der Waals surface area contributed by atoms with E-state index in [4.69, 9.17) is 23.2 Å². The van der Waals surface area contributed by atoms with Crippen LogP contribution in [0.2, 0.25) is 10.0 Å². The molecule has 31 heavy (non-hydrogen) atoms. The van der Waals surface area contributed by atoms with Crippen molar-refractivity contribution in [2.45, 2.75) is 70.9 Å². The van der Waals surface area contributed by atoms with Gasteiger partial charge in [-0.2, -0.15) is 0 Å². The molecule has 2 aromatic rings. The van der Waals surface area contributed by atoms with Crippen LogP contribution in [0.5, 0.6) is 0 Å². The van der Waals surface area contributed by atoms with E-state index >= 15 is 0 Å². The summed E-state index contributed by atoms with van der Waals surface area (Å²) in [7, 11) is -2.52. The van der Waals surface area contributed by atoms with Crippen LogP contribution in [0.15, 0.2) is 30.3 Å². The number of aryl methyl sites for hydroxylation is 2. The third-order valence-electron chi connectivity index (χ3n) is 6.23. The summed E-state index contributed by atoms with van der Waals surface area (Å²) in [5, 5.41) is -0.814. The average molecular weight is 478 g/mol. The van der Waals surface area contributed by atoms with Gasteiger partial charge in [-0.1, -0.05) is 66.7 Å². The van der Waals surface area contributed by atoms with Crippen molar-refractivity contribution in [2.75, 3.05) is 0 Å². The summed E-state index contributed by atoms with van der Waals surface area (Å²) in [6.07, 6.45) is 2.27. The number of carbonyl (C=O) groups excluding carboxylic acids is 2. The third kappa shape index (κ3) is 4.38. The van der Waals surface area contributed by atoms with Crippen molar-refractivity contribution in [3.05, 3.63) is 68.2 Å². The van der Waals surface area contributed by atoms with E-state index in [-0.39, 0.29) is 26.8 Å². The molecule has 0 heterocycles. The zero-order chi connectivity index (χ0) is 23.1. The summed E-state index contributed by atoms with van der Waals surface area (Å²) in [6.45, 7) is 10.1. The molecule has 0 aliphatic heterocycles. The van der Waals surface area contributed by atoms with Crippen LogP contribution in [0.4, 0.5) is 0 Å². The van der Waals surface area contributed by atoms with Crippen molar-refractivity contribution >= 4 is 42.3 Å². The van der Waals surface area contributed by atoms with E-state index in [1.165, 1.54) is 0 Å². The maximum atomic E-state index is 13.8. The number of carbonyl (C=O) groups is 2. The molecule has 6 heteroatoms. The second-order valence-corrected chi connectivity index (χ2v) is 12.2. The minimum absolute atomic E-state index is 0.0667. The van der Waals surface area contributed by atoms with Gasteiger partial charge in [-0.05, 0) is 60.9 Å². The average Bonchev–Trinajstić information content (AvgIpc) is 3.16. The fourth-order valence-electron chi connectivity index (χ4n) is 4.46. The minimum atomic E-state index is -2.52. The molecule has 0 N–H and O–H groups in total. The first-order valence-electron chi connectivity index (χ1n) is 10.5. The molecule has 0 spiro atoms. The molecule has 0 saturated heterocycles. The summed E-state index contributed by atoms with van der Waals surface area (Å²) in [4.78, 5) is 27.2. The summed E-state index contributed by atoms with van der Waals surface area (Å²) >= 11 is 12.6. The smallest absolute Gasteiger partial charge is 0.289 e. The van der Waals surface area contributed by atoms with E-state index < -0.39 is 18.5 Å². The normalized spacial score (nSPS) is 16.3. The molecule has 1 aliphatic carbocycles. The molecule has 3 nitrogen and oxygen atoms in total. The molecule has 0 bridgehead atoms. The Hall–Kier alpha value is -1.54. The Bertz CT molecular complexity index is 1030. The number of halogens is 2. The van der Waals surface area contributed by atoms with Gasteiger partial charge in [0.15, 0.2) is 0 Å². The van der Waals surface area contributed by atoms with Gasteiger partial charge in [0.05, 0.1) is 21.2 Å². The second-order valence-electron chi connectivity index (χ2n) is 9.50. The Kier molecular flexibility index (Phi) is 6.82. The standard InChI is InChI=1S/C25H28Cl2O3P/c1-15-13-17(24(3,4)5)14-16(2)20(15)23(29)31(30)25(11-6-7-12-25)22(28)21-18(26)9-8-10-19(21)27/h8-10,13-14H,6-7,11-12H2,1-5H3/q+1. The van der Waals surface area contributed by atoms with Crippen molar-refractivity contribution in [1.82, 2.24) is 0 Å². The monoisotopic (exact) mass is 477 g/mol. The summed E-state index contributed by atoms with van der Waals surface area (Å²) in [6, 6.07) is 8.82. The van der Waals surface area contributed by atoms with Gasteiger partial charge >= 0.3 is 13.3 Å². The van der Waals surface area contributed by atoms with Gasteiger partial charge in [0, 0.05) is 12.8 Å². The molecular formula is C25H28Cl2O3P+. The van der Waals surface area contributed by atoms with E-state index in [1.54, 1.807) is 18.2 Å². The first kappa shape index (κ1) is 24.1. The Labute approximate surface area is 195 Å². The number of hydrogen-bond acceptors (Lipinski definition) is 3. The fraction of sp³-hybridized carbons (Fsp3) is 0.440. The van der Waals surface area contributed by atoms with E-state index in [1.807, 2.05) is 26.0 Å². The van der Waals surface area contributed by atoms with Crippen molar-refractivity contribution in [3.63, 3.8) is 0 Å². The van der Waals surface area contributed by atoms with Crippen LogP contribution < -0.4 is 0 Å². The van der Waals surface area contributed by atoms with E-state index in [2.05, 4.69) is 20.8 Å². The van der Waals surface area contributed by atoms with E-state index in [0.29, 0.717) is 18.4 Å². The quantitative estimate of drug-likeness (QED) is 0.323. The van der Waals surface area contributed by atoms with Crippen molar-refractivity contribution in [3.8, 4) is 0 Å². The lowest BCUT2D eigenvalue weighted by Gasteiger charge is -2.22. The highest BCUT2D eigenvalue weighted by atomic mass is 35.5. The van der Waals surface area contributed by atoms with Crippen LogP contribution in [-0.2, 0) is 9.98 Å². The SMILES string of the molecule is Cc1cc(C(C)(C)C)cc(C)c1C(=O)[P+](=O)C1(C(=O)c2c(Cl)cccc2Cl)CCCC1. The van der Waals surface area contributed by atoms with Crippen LogP contribution in [0.25, 0.3) is 0 Å². The molecule has 1 fully saturated rings. The lowest BCUT2D eigenvalue weighted by Crippen LogP contribution is -2.34. The highest BCUT2D eigenvalue weighted by molar-refractivity contribution is 7.67. The zero-order valence-corrected chi connectivity index (χ0v) is 21.0. The lowest BCUT2D eigenvalue weighted by molar-refractivity contribution is 0.0931. The van der Waals surface area contributed by atoms with Gasteiger partial charge in [-0.3, -0.25) is 4.79 Å². The van der Waals surface area contributed by atoms with Crippen LogP contribution in [0, 0.1) is 13.8 Å². The lowest BCUT2D eigenvalue weighted by atomic mass is 9.84. The van der Waals surface area contributed by atoms with Crippen LogP contribution in [0.1, 0.15) is 83.9 Å². The van der Waals surface area contributed by atoms with Gasteiger partial charge in [-0.15, -0.1) is 0 Å². The van der Waals surface area contributed by atoms with E-state index in [9.17, 15) is 14.2 Å². The Balaban J connectivity index is 2.07. The largest absolute Gasteiger partial charge is 0.434 e. The summed E-state index contributed by atoms with van der Waals surface area (Å²) < 4.78 is 13.8. The van der Waals surface area contributed by atoms with Gasteiger partial charge in [0.2, 0.25) is 10.9 Å². The molecule has 1 atom stereocenters. The van der Waals surface area contributed by atoms with Gasteiger partial charge < -0.3 is 0 Å². The topological polar surface area (TPSA) is 51.2 Å². The first-order valence-corrected chi connectivity index (χ1v) is 12.5. The molecule has 0 aromatic heterocycles. The van der Waals surface area contributed by atoms with Crippen LogP contribution in [0.3, 0.4) is 0 Å². The van der Waals surface area contributed by atoms with E-state index in [0.717, 1.165) is 29.5 Å². The predicted molar refractivity (Wildman–Crippen MR) is 129 cm³/mol. The Morgan fingerprint density at radius 2 is 1.42 bits per heavy atom. The molecular weight excluding hydrogens is 450 g/mol. The first-order chi connectivity index (χ1) is 14.4. The Morgan fingerprint density at radius 3 is 1.87 bits per heavy atom. The minimum Gasteiger partial charge on any atom is -0.289 e. The highest BCUT2D eigenvalue weighted by Gasteiger charge is 2.61. The molecule has 0 amide bonds. The van der Waals surface area contributed by atoms with Crippen molar-refractivity contribution < 1.29 is 14.2 Å². The van der Waals surface area contributed by atoms with Crippen molar-refractivity contribution in [1.29, 1.82) is 0 Å². The molecule has 3 rings (SSSR count). The molecule has 1 aliphatic rings. The molecule has 0 radical (unpaired) electrons. The zero-order valence-electron chi connectivity index (χ0n) is 18.6. The molecule has 2 aromatic carbocycles. The summed E-state index contributed by atoms with van der Waals surface area (Å²) in [5.41, 5.74) is 2.79. The van der Waals surface area contributed by atoms with Gasteiger partial charge in [0.1, 0.15) is 0 Å². The highest BCUT2D eigenvalue weighted by Crippen LogP contribution is 2.55. The third-order valence-corrected chi connectivity index (χ3v) is 8.88. The predicted octanol–water partition coefficient (Wildman–Crippen LogP) is 8.07. The summed E-state index contributed by atoms with van der Waals surface area (Å²) in [5.74, 6) is -0.378. The van der Waals surface area contributed by atoms with Gasteiger partial charge in [0.25, 0.3) is 0 Å². The van der Waals surface area contributed by atoms with Crippen LogP contribution in [-0.4, -0.2) is 16.5 Å². The molecule has 164 valence electrons. The number of rotatable bonds is 5. The number of hydrogen-bond donors (Lipinski definition) is 0. The maximum absolute atomic E-state index is 13.8. The number of Topliss-reactive ketones (excluding diaryl/α,β-unsaturated/α-hetero) is 1. The molecule has 1 saturated carbocycles. The van der Waals surface area contributed by atoms with Crippen LogP contribution >= 0.6 is 31.0 Å². The fourth-order valence-corrected chi connectivity index (χ4v) is 6.99. The second kappa shape index (κ2) is 8.77. The number of benzene rings is 2. The van der Waals surface area contributed by atoms with Crippen molar-refractivity contribution in [2.24, 2.45) is 0 Å². The maximum Gasteiger partial charge on any atom is 0.434 e. The molecule has 1 unspecified atom stereocenters. The Morgan fingerprint density at radius 1 is 0.935 bits per heavy atom. The number of ketones is 1.